The molecule has 1 atom stereocenters. The van der Waals surface area contributed by atoms with Crippen LogP contribution in [-0.4, -0.2) is 25.4 Å². The number of ether oxygens (including phenoxy) is 2. The van der Waals surface area contributed by atoms with Crippen LogP contribution in [0.3, 0.4) is 0 Å². The summed E-state index contributed by atoms with van der Waals surface area (Å²) in [7, 11) is 1.63. The number of aliphatic hydroxyl groups excluding tert-OH is 1. The fraction of sp³-hybridized carbons (Fsp3) is 0.455. The molecule has 0 aliphatic rings. The molecule has 0 saturated carbocycles. The zero-order valence-corrected chi connectivity index (χ0v) is 8.56. The van der Waals surface area contributed by atoms with E-state index in [-0.39, 0.29) is 0 Å². The molecule has 1 aromatic carbocycles. The lowest BCUT2D eigenvalue weighted by molar-refractivity contribution is 0.141. The van der Waals surface area contributed by atoms with E-state index in [9.17, 15) is 5.11 Å². The van der Waals surface area contributed by atoms with Crippen LogP contribution in [0.1, 0.15) is 18.6 Å². The SMILES string of the molecule is COCCOc1ccccc1[C@H](C)O. The molecule has 1 rings (SSSR count). The minimum atomic E-state index is -0.506. The molecule has 0 amide bonds. The molecule has 0 heterocycles. The number of hydrogen-bond acceptors (Lipinski definition) is 3. The average Bonchev–Trinajstić information content (AvgIpc) is 2.19. The van der Waals surface area contributed by atoms with Crippen molar-refractivity contribution in [3.05, 3.63) is 29.8 Å². The first-order valence-electron chi connectivity index (χ1n) is 4.64. The van der Waals surface area contributed by atoms with Gasteiger partial charge in [-0.15, -0.1) is 0 Å². The standard InChI is InChI=1S/C11H16O3/c1-9(12)10-5-3-4-6-11(10)14-8-7-13-2/h3-6,9,12H,7-8H2,1-2H3/t9-/m0/s1. The third-order valence-electron chi connectivity index (χ3n) is 1.91. The Morgan fingerprint density at radius 2 is 2.00 bits per heavy atom. The van der Waals surface area contributed by atoms with Gasteiger partial charge in [0.05, 0.1) is 12.7 Å². The van der Waals surface area contributed by atoms with Crippen molar-refractivity contribution >= 4 is 0 Å². The monoisotopic (exact) mass is 196 g/mol. The van der Waals surface area contributed by atoms with Crippen LogP contribution in [0.5, 0.6) is 5.75 Å². The number of benzene rings is 1. The van der Waals surface area contributed by atoms with Crippen LogP contribution in [0, 0.1) is 0 Å². The average molecular weight is 196 g/mol. The van der Waals surface area contributed by atoms with Crippen LogP contribution in [0.15, 0.2) is 24.3 Å². The fourth-order valence-electron chi connectivity index (χ4n) is 1.19. The lowest BCUT2D eigenvalue weighted by Gasteiger charge is -2.12. The van der Waals surface area contributed by atoms with Gasteiger partial charge in [0, 0.05) is 12.7 Å². The summed E-state index contributed by atoms with van der Waals surface area (Å²) in [6.07, 6.45) is -0.506. The summed E-state index contributed by atoms with van der Waals surface area (Å²) in [5, 5.41) is 9.45. The Morgan fingerprint density at radius 3 is 2.64 bits per heavy atom. The van der Waals surface area contributed by atoms with E-state index in [1.54, 1.807) is 14.0 Å². The molecular weight excluding hydrogens is 180 g/mol. The zero-order chi connectivity index (χ0) is 10.4. The Balaban J connectivity index is 2.64. The van der Waals surface area contributed by atoms with Gasteiger partial charge in [0.1, 0.15) is 12.4 Å². The molecule has 0 bridgehead atoms. The van der Waals surface area contributed by atoms with Gasteiger partial charge in [0.15, 0.2) is 0 Å². The Hall–Kier alpha value is -1.06. The number of aliphatic hydroxyl groups is 1. The molecule has 1 aromatic rings. The maximum atomic E-state index is 9.45. The fourth-order valence-corrected chi connectivity index (χ4v) is 1.19. The minimum absolute atomic E-state index is 0.500. The first-order chi connectivity index (χ1) is 6.75. The highest BCUT2D eigenvalue weighted by Gasteiger charge is 2.07. The summed E-state index contributed by atoms with van der Waals surface area (Å²) in [5.74, 6) is 0.722. The Labute approximate surface area is 84.3 Å². The molecule has 0 aliphatic heterocycles. The highest BCUT2D eigenvalue weighted by Crippen LogP contribution is 2.24. The molecule has 14 heavy (non-hydrogen) atoms. The smallest absolute Gasteiger partial charge is 0.125 e. The van der Waals surface area contributed by atoms with Gasteiger partial charge in [-0.3, -0.25) is 0 Å². The normalized spacial score (nSPS) is 12.5. The van der Waals surface area contributed by atoms with Crippen LogP contribution < -0.4 is 4.74 Å². The molecule has 3 heteroatoms. The van der Waals surface area contributed by atoms with Crippen molar-refractivity contribution in [2.24, 2.45) is 0 Å². The second kappa shape index (κ2) is 5.62. The van der Waals surface area contributed by atoms with Gasteiger partial charge >= 0.3 is 0 Å². The summed E-state index contributed by atoms with van der Waals surface area (Å²) in [5.41, 5.74) is 0.809. The van der Waals surface area contributed by atoms with Gasteiger partial charge in [-0.05, 0) is 13.0 Å². The third-order valence-corrected chi connectivity index (χ3v) is 1.91. The third kappa shape index (κ3) is 3.01. The zero-order valence-electron chi connectivity index (χ0n) is 8.56. The van der Waals surface area contributed by atoms with Gasteiger partial charge in [0.2, 0.25) is 0 Å². The number of para-hydroxylation sites is 1. The molecule has 0 aliphatic carbocycles. The first-order valence-corrected chi connectivity index (χ1v) is 4.64. The van der Waals surface area contributed by atoms with Crippen LogP contribution in [0.25, 0.3) is 0 Å². The molecule has 0 radical (unpaired) electrons. The Kier molecular flexibility index (Phi) is 4.43. The van der Waals surface area contributed by atoms with Crippen molar-refractivity contribution in [1.29, 1.82) is 0 Å². The van der Waals surface area contributed by atoms with Crippen molar-refractivity contribution in [1.82, 2.24) is 0 Å². The second-order valence-electron chi connectivity index (χ2n) is 3.06. The van der Waals surface area contributed by atoms with E-state index in [2.05, 4.69) is 0 Å². The summed E-state index contributed by atoms with van der Waals surface area (Å²) >= 11 is 0. The van der Waals surface area contributed by atoms with E-state index in [0.29, 0.717) is 13.2 Å². The van der Waals surface area contributed by atoms with E-state index in [0.717, 1.165) is 11.3 Å². The quantitative estimate of drug-likeness (QED) is 0.729. The number of hydrogen-bond donors (Lipinski definition) is 1. The lowest BCUT2D eigenvalue weighted by Crippen LogP contribution is -2.06. The van der Waals surface area contributed by atoms with Gasteiger partial charge in [-0.2, -0.15) is 0 Å². The van der Waals surface area contributed by atoms with Crippen molar-refractivity contribution in [3.8, 4) is 5.75 Å². The van der Waals surface area contributed by atoms with Crippen LogP contribution in [-0.2, 0) is 4.74 Å². The van der Waals surface area contributed by atoms with E-state index < -0.39 is 6.10 Å². The predicted octanol–water partition coefficient (Wildman–Crippen LogP) is 1.77. The van der Waals surface area contributed by atoms with Crippen LogP contribution in [0.2, 0.25) is 0 Å². The maximum Gasteiger partial charge on any atom is 0.125 e. The molecule has 0 fully saturated rings. The molecule has 0 saturated heterocycles. The molecule has 1 N–H and O–H groups in total. The van der Waals surface area contributed by atoms with Crippen molar-refractivity contribution in [2.75, 3.05) is 20.3 Å². The molecule has 0 unspecified atom stereocenters. The first kappa shape index (κ1) is 11.0. The minimum Gasteiger partial charge on any atom is -0.491 e. The molecule has 3 nitrogen and oxygen atoms in total. The largest absolute Gasteiger partial charge is 0.491 e. The van der Waals surface area contributed by atoms with Gasteiger partial charge in [-0.1, -0.05) is 18.2 Å². The summed E-state index contributed by atoms with van der Waals surface area (Å²) < 4.78 is 10.3. The molecule has 0 spiro atoms. The number of rotatable bonds is 5. The highest BCUT2D eigenvalue weighted by atomic mass is 16.5. The van der Waals surface area contributed by atoms with Crippen molar-refractivity contribution in [2.45, 2.75) is 13.0 Å². The predicted molar refractivity (Wildman–Crippen MR) is 54.4 cm³/mol. The summed E-state index contributed by atoms with van der Waals surface area (Å²) in [6.45, 7) is 2.77. The molecule has 78 valence electrons. The maximum absolute atomic E-state index is 9.45. The lowest BCUT2D eigenvalue weighted by atomic mass is 10.1. The van der Waals surface area contributed by atoms with E-state index in [1.165, 1.54) is 0 Å². The number of methoxy groups -OCH3 is 1. The second-order valence-corrected chi connectivity index (χ2v) is 3.06. The van der Waals surface area contributed by atoms with E-state index in [4.69, 9.17) is 9.47 Å². The van der Waals surface area contributed by atoms with Crippen molar-refractivity contribution in [3.63, 3.8) is 0 Å². The van der Waals surface area contributed by atoms with Crippen LogP contribution >= 0.6 is 0 Å². The van der Waals surface area contributed by atoms with Crippen LogP contribution in [0.4, 0.5) is 0 Å². The topological polar surface area (TPSA) is 38.7 Å². The Bertz CT molecular complexity index is 271. The molecule has 0 aromatic heterocycles. The van der Waals surface area contributed by atoms with Gasteiger partial charge in [-0.25, -0.2) is 0 Å². The van der Waals surface area contributed by atoms with E-state index >= 15 is 0 Å². The summed E-state index contributed by atoms with van der Waals surface area (Å²) in [4.78, 5) is 0. The molecular formula is C11H16O3. The summed E-state index contributed by atoms with van der Waals surface area (Å²) in [6, 6.07) is 7.46. The Morgan fingerprint density at radius 1 is 1.29 bits per heavy atom. The van der Waals surface area contributed by atoms with Gasteiger partial charge < -0.3 is 14.6 Å². The van der Waals surface area contributed by atoms with Gasteiger partial charge in [0.25, 0.3) is 0 Å². The van der Waals surface area contributed by atoms with E-state index in [1.807, 2.05) is 24.3 Å². The highest BCUT2D eigenvalue weighted by molar-refractivity contribution is 5.34. The van der Waals surface area contributed by atoms with Crippen molar-refractivity contribution < 1.29 is 14.6 Å².